The van der Waals surface area contributed by atoms with Crippen LogP contribution < -0.4 is 0 Å². The normalized spacial score (nSPS) is 22.2. The zero-order valence-corrected chi connectivity index (χ0v) is 24.9. The number of rotatable bonds is 12. The summed E-state index contributed by atoms with van der Waals surface area (Å²) in [7, 11) is -1.69. The van der Waals surface area contributed by atoms with Crippen LogP contribution >= 0.6 is 0 Å². The van der Waals surface area contributed by atoms with Crippen molar-refractivity contribution in [1.82, 2.24) is 4.90 Å². The summed E-state index contributed by atoms with van der Waals surface area (Å²) in [6.07, 6.45) is 7.67. The molecule has 0 amide bonds. The summed E-state index contributed by atoms with van der Waals surface area (Å²) in [6.45, 7) is 27.6. The molecule has 0 aromatic heterocycles. The van der Waals surface area contributed by atoms with Gasteiger partial charge in [0, 0.05) is 39.0 Å². The minimum atomic E-state index is -1.74. The van der Waals surface area contributed by atoms with Gasteiger partial charge in [-0.25, -0.2) is 0 Å². The van der Waals surface area contributed by atoms with Crippen molar-refractivity contribution in [2.75, 3.05) is 33.4 Å². The molecular weight excluding hydrogens is 418 g/mol. The van der Waals surface area contributed by atoms with E-state index >= 15 is 0 Å². The molecule has 1 saturated heterocycles. The van der Waals surface area contributed by atoms with Crippen molar-refractivity contribution in [1.29, 1.82) is 0 Å². The predicted molar refractivity (Wildman–Crippen MR) is 140 cm³/mol. The van der Waals surface area contributed by atoms with Gasteiger partial charge in [0.1, 0.15) is 0 Å². The Hall–Kier alpha value is 0.274. The van der Waals surface area contributed by atoms with Crippen molar-refractivity contribution in [3.63, 3.8) is 0 Å². The maximum absolute atomic E-state index is 6.85. The maximum Gasteiger partial charge on any atom is 0.192 e. The van der Waals surface area contributed by atoms with Crippen LogP contribution in [0.1, 0.15) is 80.1 Å². The van der Waals surface area contributed by atoms with E-state index in [1.165, 1.54) is 32.2 Å². The molecule has 1 fully saturated rings. The first kappa shape index (κ1) is 29.3. The lowest BCUT2D eigenvalue weighted by Gasteiger charge is -2.46. The molecule has 0 spiro atoms. The van der Waals surface area contributed by atoms with Crippen molar-refractivity contribution in [3.8, 4) is 0 Å². The fraction of sp³-hybridized carbons (Fsp3) is 1.00. The minimum absolute atomic E-state index is 0.255. The van der Waals surface area contributed by atoms with E-state index in [-0.39, 0.29) is 10.1 Å². The Balaban J connectivity index is 2.74. The van der Waals surface area contributed by atoms with Crippen LogP contribution in [0.4, 0.5) is 0 Å². The summed E-state index contributed by atoms with van der Waals surface area (Å²) in [6, 6.07) is 0.483. The van der Waals surface area contributed by atoms with Crippen molar-refractivity contribution in [2.45, 2.75) is 128 Å². The number of piperidine rings is 1. The lowest BCUT2D eigenvalue weighted by molar-refractivity contribution is 0.0239. The predicted octanol–water partition coefficient (Wildman–Crippen LogP) is 7.07. The van der Waals surface area contributed by atoms with Gasteiger partial charge in [-0.15, -0.1) is 0 Å². The van der Waals surface area contributed by atoms with Gasteiger partial charge in [0.25, 0.3) is 0 Å². The average Bonchev–Trinajstić information content (AvgIpc) is 2.62. The molecule has 0 aromatic carbocycles. The van der Waals surface area contributed by atoms with E-state index < -0.39 is 16.6 Å². The van der Waals surface area contributed by atoms with Crippen molar-refractivity contribution in [2.24, 2.45) is 0 Å². The first-order valence-electron chi connectivity index (χ1n) is 12.7. The number of likely N-dealkylation sites (tertiary alicyclic amines) is 1. The van der Waals surface area contributed by atoms with E-state index in [4.69, 9.17) is 13.6 Å². The monoisotopic (exact) mass is 473 g/mol. The molecule has 2 atom stereocenters. The summed E-state index contributed by atoms with van der Waals surface area (Å²) in [5.41, 5.74) is 0. The van der Waals surface area contributed by atoms with Gasteiger partial charge in [-0.2, -0.15) is 0 Å². The average molecular weight is 474 g/mol. The maximum atomic E-state index is 6.85. The van der Waals surface area contributed by atoms with Gasteiger partial charge in [0.05, 0.1) is 0 Å². The Kier molecular flexibility index (Phi) is 11.5. The molecular formula is C25H55NO3Si2. The van der Waals surface area contributed by atoms with Crippen LogP contribution in [0.2, 0.25) is 36.3 Å². The number of methoxy groups -OCH3 is 1. The van der Waals surface area contributed by atoms with Gasteiger partial charge in [-0.1, -0.05) is 54.4 Å². The Morgan fingerprint density at radius 3 is 1.97 bits per heavy atom. The quantitative estimate of drug-likeness (QED) is 0.224. The highest BCUT2D eigenvalue weighted by Gasteiger charge is 2.42. The molecule has 0 radical (unpaired) electrons. The first-order chi connectivity index (χ1) is 14.1. The highest BCUT2D eigenvalue weighted by molar-refractivity contribution is 6.74. The van der Waals surface area contributed by atoms with Crippen LogP contribution in [-0.4, -0.2) is 67.1 Å². The molecule has 186 valence electrons. The molecule has 0 bridgehead atoms. The van der Waals surface area contributed by atoms with Crippen LogP contribution in [0, 0.1) is 0 Å². The Bertz CT molecular complexity index is 512. The highest BCUT2D eigenvalue weighted by atomic mass is 28.4. The molecule has 0 aliphatic carbocycles. The number of nitrogens with zero attached hydrogens (tertiary/aromatic N) is 1. The van der Waals surface area contributed by atoms with Crippen LogP contribution in [0.5, 0.6) is 0 Å². The molecule has 0 aromatic rings. The molecule has 4 nitrogen and oxygen atoms in total. The Morgan fingerprint density at radius 1 is 0.839 bits per heavy atom. The second-order valence-electron chi connectivity index (χ2n) is 12.7. The first-order valence-corrected chi connectivity index (χ1v) is 18.5. The van der Waals surface area contributed by atoms with E-state index in [1.807, 2.05) is 0 Å². The van der Waals surface area contributed by atoms with Gasteiger partial charge in [0.2, 0.25) is 0 Å². The van der Waals surface area contributed by atoms with Gasteiger partial charge >= 0.3 is 0 Å². The summed E-state index contributed by atoms with van der Waals surface area (Å²) >= 11 is 0. The summed E-state index contributed by atoms with van der Waals surface area (Å²) in [5, 5.41) is 0.518. The molecule has 1 unspecified atom stereocenters. The lowest BCUT2D eigenvalue weighted by atomic mass is 9.99. The summed E-state index contributed by atoms with van der Waals surface area (Å²) < 4.78 is 18.7. The van der Waals surface area contributed by atoms with Crippen LogP contribution in [0.25, 0.3) is 0 Å². The lowest BCUT2D eigenvalue weighted by Crippen LogP contribution is -2.53. The Morgan fingerprint density at radius 2 is 1.42 bits per heavy atom. The number of unbranched alkanes of at least 4 members (excludes halogenated alkanes) is 3. The topological polar surface area (TPSA) is 30.9 Å². The summed E-state index contributed by atoms with van der Waals surface area (Å²) in [5.74, 6) is 0. The van der Waals surface area contributed by atoms with Crippen LogP contribution in [0.15, 0.2) is 0 Å². The standard InChI is InChI=1S/C25H55NO3Si2/c1-24(2,3)30(8,9)28-21-22-20-23(29-31(10,11)25(4,5)6)16-18-26(22)17-14-12-13-15-19-27-7/h22-23H,12-21H2,1-11H3/t22-,23?/m0/s1. The number of ether oxygens (including phenoxy) is 1. The van der Waals surface area contributed by atoms with Crippen LogP contribution in [-0.2, 0) is 13.6 Å². The second-order valence-corrected chi connectivity index (χ2v) is 22.3. The summed E-state index contributed by atoms with van der Waals surface area (Å²) in [4.78, 5) is 2.70. The third-order valence-corrected chi connectivity index (χ3v) is 17.1. The molecule has 0 saturated carbocycles. The zero-order valence-electron chi connectivity index (χ0n) is 22.9. The van der Waals surface area contributed by atoms with Gasteiger partial charge in [0.15, 0.2) is 16.6 Å². The largest absolute Gasteiger partial charge is 0.415 e. The molecule has 6 heteroatoms. The van der Waals surface area contributed by atoms with E-state index in [9.17, 15) is 0 Å². The third-order valence-electron chi connectivity index (χ3n) is 8.04. The molecule has 1 heterocycles. The molecule has 0 N–H and O–H groups in total. The number of hydrogen-bond donors (Lipinski definition) is 0. The minimum Gasteiger partial charge on any atom is -0.415 e. The van der Waals surface area contributed by atoms with Gasteiger partial charge < -0.3 is 13.6 Å². The third kappa shape index (κ3) is 9.58. The van der Waals surface area contributed by atoms with E-state index in [2.05, 4.69) is 72.6 Å². The molecule has 31 heavy (non-hydrogen) atoms. The molecule has 1 aliphatic heterocycles. The van der Waals surface area contributed by atoms with E-state index in [1.54, 1.807) is 7.11 Å². The SMILES string of the molecule is COCCCCCCN1CCC(O[Si](C)(C)C(C)(C)C)C[C@H]1CO[Si](C)(C)C(C)(C)C. The zero-order chi connectivity index (χ0) is 23.9. The fourth-order valence-electron chi connectivity index (χ4n) is 3.67. The van der Waals surface area contributed by atoms with Crippen molar-refractivity contribution >= 4 is 16.6 Å². The molecule has 1 aliphatic rings. The van der Waals surface area contributed by atoms with Crippen molar-refractivity contribution in [3.05, 3.63) is 0 Å². The van der Waals surface area contributed by atoms with E-state index in [0.717, 1.165) is 32.6 Å². The second kappa shape index (κ2) is 12.1. The number of hydrogen-bond acceptors (Lipinski definition) is 4. The smallest absolute Gasteiger partial charge is 0.192 e. The Labute approximate surface area is 197 Å². The van der Waals surface area contributed by atoms with Crippen molar-refractivity contribution < 1.29 is 13.6 Å². The van der Waals surface area contributed by atoms with Gasteiger partial charge in [-0.3, -0.25) is 4.90 Å². The highest BCUT2D eigenvalue weighted by Crippen LogP contribution is 2.40. The van der Waals surface area contributed by atoms with Crippen LogP contribution in [0.3, 0.4) is 0 Å². The fourth-order valence-corrected chi connectivity index (χ4v) is 6.11. The van der Waals surface area contributed by atoms with E-state index in [0.29, 0.717) is 12.1 Å². The molecule has 1 rings (SSSR count). The van der Waals surface area contributed by atoms with Gasteiger partial charge in [-0.05, 0) is 68.5 Å².